The van der Waals surface area contributed by atoms with Crippen molar-refractivity contribution in [1.29, 1.82) is 0 Å². The highest BCUT2D eigenvalue weighted by Gasteiger charge is 2.26. The number of rotatable bonds is 4. The van der Waals surface area contributed by atoms with Crippen LogP contribution in [0.1, 0.15) is 18.1 Å². The summed E-state index contributed by atoms with van der Waals surface area (Å²) in [5.74, 6) is 0.254. The first kappa shape index (κ1) is 16.6. The molecule has 0 spiro atoms. The second kappa shape index (κ2) is 7.07. The minimum atomic E-state index is -0.549. The number of cyclic esters (lactones) is 1. The molecular formula is C18H13Cl2NO3. The Kier molecular flexibility index (Phi) is 4.88. The van der Waals surface area contributed by atoms with Gasteiger partial charge >= 0.3 is 5.97 Å². The van der Waals surface area contributed by atoms with Gasteiger partial charge in [0.1, 0.15) is 5.75 Å². The van der Waals surface area contributed by atoms with Crippen LogP contribution in [0.15, 0.2) is 53.2 Å². The van der Waals surface area contributed by atoms with Crippen LogP contribution < -0.4 is 4.74 Å². The number of hydrogen-bond acceptors (Lipinski definition) is 4. The molecule has 0 saturated carbocycles. The molecule has 2 aromatic rings. The van der Waals surface area contributed by atoms with Crippen molar-refractivity contribution in [3.63, 3.8) is 0 Å². The molecule has 3 rings (SSSR count). The van der Waals surface area contributed by atoms with E-state index in [4.69, 9.17) is 32.7 Å². The van der Waals surface area contributed by atoms with Crippen molar-refractivity contribution in [2.24, 2.45) is 4.99 Å². The topological polar surface area (TPSA) is 47.9 Å². The number of aliphatic imine (C=N–C) groups is 1. The first-order valence-corrected chi connectivity index (χ1v) is 8.04. The van der Waals surface area contributed by atoms with E-state index >= 15 is 0 Å². The highest BCUT2D eigenvalue weighted by atomic mass is 35.5. The number of hydrogen-bond donors (Lipinski definition) is 0. The molecule has 0 fully saturated rings. The molecule has 0 saturated heterocycles. The summed E-state index contributed by atoms with van der Waals surface area (Å²) in [4.78, 5) is 16.4. The van der Waals surface area contributed by atoms with Gasteiger partial charge in [-0.15, -0.1) is 0 Å². The third kappa shape index (κ3) is 3.45. The normalized spacial score (nSPS) is 15.4. The van der Waals surface area contributed by atoms with Crippen molar-refractivity contribution in [3.05, 3.63) is 69.3 Å². The van der Waals surface area contributed by atoms with Gasteiger partial charge in [0.2, 0.25) is 5.90 Å². The quantitative estimate of drug-likeness (QED) is 0.583. The van der Waals surface area contributed by atoms with Gasteiger partial charge < -0.3 is 9.47 Å². The zero-order chi connectivity index (χ0) is 17.1. The third-order valence-corrected chi connectivity index (χ3v) is 3.86. The van der Waals surface area contributed by atoms with Crippen LogP contribution in [0, 0.1) is 0 Å². The number of carbonyl (C=O) groups is 1. The Hall–Kier alpha value is -2.30. The summed E-state index contributed by atoms with van der Waals surface area (Å²) in [6, 6.07) is 12.3. The van der Waals surface area contributed by atoms with Gasteiger partial charge in [0.25, 0.3) is 0 Å². The molecule has 0 aromatic heterocycles. The Morgan fingerprint density at radius 1 is 1.21 bits per heavy atom. The second-order valence-corrected chi connectivity index (χ2v) is 5.77. The molecule has 6 heteroatoms. The molecule has 4 nitrogen and oxygen atoms in total. The lowest BCUT2D eigenvalue weighted by molar-refractivity contribution is -0.129. The predicted octanol–water partition coefficient (Wildman–Crippen LogP) is 4.74. The van der Waals surface area contributed by atoms with E-state index in [1.54, 1.807) is 24.3 Å². The van der Waals surface area contributed by atoms with Crippen LogP contribution in [0.25, 0.3) is 6.08 Å². The van der Waals surface area contributed by atoms with Crippen molar-refractivity contribution in [2.75, 3.05) is 6.61 Å². The van der Waals surface area contributed by atoms with Crippen LogP contribution in [0.4, 0.5) is 0 Å². The van der Waals surface area contributed by atoms with E-state index in [-0.39, 0.29) is 11.6 Å². The SMILES string of the molecule is CCOc1ccccc1C=C1N=C(c2cc(Cl)ccc2Cl)OC1=O. The molecule has 0 unspecified atom stereocenters. The third-order valence-electron chi connectivity index (χ3n) is 3.29. The highest BCUT2D eigenvalue weighted by molar-refractivity contribution is 6.36. The van der Waals surface area contributed by atoms with Crippen LogP contribution >= 0.6 is 23.2 Å². The lowest BCUT2D eigenvalue weighted by Gasteiger charge is -2.06. The van der Waals surface area contributed by atoms with Crippen LogP contribution in [0.2, 0.25) is 10.0 Å². The molecule has 0 atom stereocenters. The lowest BCUT2D eigenvalue weighted by Crippen LogP contribution is -2.06. The minimum Gasteiger partial charge on any atom is -0.493 e. The van der Waals surface area contributed by atoms with Gasteiger partial charge in [-0.05, 0) is 37.3 Å². The maximum atomic E-state index is 12.1. The van der Waals surface area contributed by atoms with Gasteiger partial charge in [-0.3, -0.25) is 0 Å². The monoisotopic (exact) mass is 361 g/mol. The average molecular weight is 362 g/mol. The van der Waals surface area contributed by atoms with Crippen molar-refractivity contribution >= 4 is 41.1 Å². The highest BCUT2D eigenvalue weighted by Crippen LogP contribution is 2.28. The second-order valence-electron chi connectivity index (χ2n) is 4.93. The van der Waals surface area contributed by atoms with Crippen molar-refractivity contribution < 1.29 is 14.3 Å². The van der Waals surface area contributed by atoms with Gasteiger partial charge in [-0.25, -0.2) is 9.79 Å². The summed E-state index contributed by atoms with van der Waals surface area (Å²) in [5.41, 5.74) is 1.39. The largest absolute Gasteiger partial charge is 0.493 e. The van der Waals surface area contributed by atoms with Gasteiger partial charge in [-0.1, -0.05) is 41.4 Å². The fourth-order valence-electron chi connectivity index (χ4n) is 2.22. The Bertz CT molecular complexity index is 859. The van der Waals surface area contributed by atoms with Gasteiger partial charge in [0.15, 0.2) is 5.70 Å². The van der Waals surface area contributed by atoms with Crippen molar-refractivity contribution in [1.82, 2.24) is 0 Å². The lowest BCUT2D eigenvalue weighted by atomic mass is 10.1. The molecule has 0 bridgehead atoms. The summed E-state index contributed by atoms with van der Waals surface area (Å²) in [5, 5.41) is 0.884. The summed E-state index contributed by atoms with van der Waals surface area (Å²) in [6.45, 7) is 2.42. The van der Waals surface area contributed by atoms with E-state index < -0.39 is 5.97 Å². The van der Waals surface area contributed by atoms with Crippen LogP contribution in [0.5, 0.6) is 5.75 Å². The van der Waals surface area contributed by atoms with E-state index in [0.29, 0.717) is 28.0 Å². The molecule has 122 valence electrons. The van der Waals surface area contributed by atoms with Crippen LogP contribution in [-0.2, 0) is 9.53 Å². The van der Waals surface area contributed by atoms with E-state index in [9.17, 15) is 4.79 Å². The van der Waals surface area contributed by atoms with E-state index in [0.717, 1.165) is 5.56 Å². The van der Waals surface area contributed by atoms with Crippen molar-refractivity contribution in [2.45, 2.75) is 6.92 Å². The first-order chi connectivity index (χ1) is 11.6. The number of benzene rings is 2. The first-order valence-electron chi connectivity index (χ1n) is 7.28. The fourth-order valence-corrected chi connectivity index (χ4v) is 2.59. The number of ether oxygens (including phenoxy) is 2. The number of esters is 1. The maximum absolute atomic E-state index is 12.1. The molecule has 0 radical (unpaired) electrons. The van der Waals surface area contributed by atoms with Crippen LogP contribution in [-0.4, -0.2) is 18.5 Å². The number of halogens is 2. The molecule has 1 aliphatic rings. The number of carbonyl (C=O) groups excluding carboxylic acids is 1. The molecule has 0 N–H and O–H groups in total. The molecule has 1 heterocycles. The smallest absolute Gasteiger partial charge is 0.363 e. The van der Waals surface area contributed by atoms with Gasteiger partial charge in [0, 0.05) is 10.6 Å². The zero-order valence-electron chi connectivity index (χ0n) is 12.8. The minimum absolute atomic E-state index is 0.132. The Labute approximate surface area is 149 Å². The number of nitrogens with zero attached hydrogens (tertiary/aromatic N) is 1. The van der Waals surface area contributed by atoms with E-state index in [1.807, 2.05) is 31.2 Å². The Morgan fingerprint density at radius 3 is 2.79 bits per heavy atom. The predicted molar refractivity (Wildman–Crippen MR) is 94.7 cm³/mol. The van der Waals surface area contributed by atoms with Gasteiger partial charge in [0.05, 0.1) is 17.2 Å². The van der Waals surface area contributed by atoms with Crippen LogP contribution in [0.3, 0.4) is 0 Å². The van der Waals surface area contributed by atoms with Gasteiger partial charge in [-0.2, -0.15) is 0 Å². The Balaban J connectivity index is 1.99. The standard InChI is InChI=1S/C18H13Cl2NO3/c1-2-23-16-6-4-3-5-11(16)9-15-18(22)24-17(21-15)13-10-12(19)7-8-14(13)20/h3-10H,2H2,1H3. The summed E-state index contributed by atoms with van der Waals surface area (Å²) >= 11 is 12.1. The van der Waals surface area contributed by atoms with E-state index in [1.165, 1.54) is 0 Å². The Morgan fingerprint density at radius 2 is 2.00 bits per heavy atom. The molecule has 1 aliphatic heterocycles. The molecule has 24 heavy (non-hydrogen) atoms. The molecule has 0 amide bonds. The fraction of sp³-hybridized carbons (Fsp3) is 0.111. The average Bonchev–Trinajstić information content (AvgIpc) is 2.92. The molecule has 2 aromatic carbocycles. The van der Waals surface area contributed by atoms with Crippen molar-refractivity contribution in [3.8, 4) is 5.75 Å². The maximum Gasteiger partial charge on any atom is 0.363 e. The molecule has 0 aliphatic carbocycles. The molecular weight excluding hydrogens is 349 g/mol. The summed E-state index contributed by atoms with van der Waals surface area (Å²) in [7, 11) is 0. The summed E-state index contributed by atoms with van der Waals surface area (Å²) < 4.78 is 10.8. The van der Waals surface area contributed by atoms with E-state index in [2.05, 4.69) is 4.99 Å². The number of para-hydroxylation sites is 1. The zero-order valence-corrected chi connectivity index (χ0v) is 14.3. The summed E-state index contributed by atoms with van der Waals surface area (Å²) in [6.07, 6.45) is 1.62.